The van der Waals surface area contributed by atoms with Crippen LogP contribution < -0.4 is 39.1 Å². The molecule has 9 rings (SSSR count). The number of fused-ring (bicyclic) bond motifs is 3. The van der Waals surface area contributed by atoms with Gasteiger partial charge in [0, 0.05) is 50.2 Å². The van der Waals surface area contributed by atoms with Crippen molar-refractivity contribution in [2.45, 2.75) is 68.6 Å². The van der Waals surface area contributed by atoms with Gasteiger partial charge in [0.25, 0.3) is 17.7 Å². The Morgan fingerprint density at radius 1 is 0.586 bits per heavy atom. The van der Waals surface area contributed by atoms with Gasteiger partial charge in [-0.1, -0.05) is 42.0 Å². The molecule has 0 atom stereocenters. The van der Waals surface area contributed by atoms with Gasteiger partial charge in [-0.15, -0.1) is 34.0 Å². The van der Waals surface area contributed by atoms with Gasteiger partial charge in [0.1, 0.15) is 74.5 Å². The third-order valence-electron chi connectivity index (χ3n) is 11.6. The van der Waals surface area contributed by atoms with Gasteiger partial charge in [-0.3, -0.25) is 14.4 Å². The van der Waals surface area contributed by atoms with E-state index in [9.17, 15) is 33.9 Å². The van der Waals surface area contributed by atoms with Gasteiger partial charge in [-0.25, -0.2) is 34.3 Å². The molecule has 87 heavy (non-hydrogen) atoms. The van der Waals surface area contributed by atoms with Crippen molar-refractivity contribution in [1.82, 2.24) is 24.9 Å². The van der Waals surface area contributed by atoms with E-state index in [0.717, 1.165) is 56.5 Å². The predicted octanol–water partition coefficient (Wildman–Crippen LogP) is 9.30. The molecule has 8 heterocycles. The first-order valence-electron chi connectivity index (χ1n) is 25.7. The minimum absolute atomic E-state index is 0.0283. The Labute approximate surface area is 519 Å². The molecule has 0 aliphatic rings. The summed E-state index contributed by atoms with van der Waals surface area (Å²) in [5.74, 6) is -2.52. The number of esters is 3. The normalized spacial score (nSPS) is 10.3. The summed E-state index contributed by atoms with van der Waals surface area (Å²) < 4.78 is 20.7. The van der Waals surface area contributed by atoms with Crippen LogP contribution in [-0.4, -0.2) is 85.5 Å². The molecule has 0 spiro atoms. The number of nitrogen functional groups attached to an aromatic ring is 3. The van der Waals surface area contributed by atoms with E-state index >= 15 is 0 Å². The van der Waals surface area contributed by atoms with Gasteiger partial charge in [0.2, 0.25) is 0 Å². The number of aliphatic hydroxyl groups excluding tert-OH is 1. The van der Waals surface area contributed by atoms with Crippen molar-refractivity contribution >= 4 is 141 Å². The van der Waals surface area contributed by atoms with Crippen LogP contribution in [0, 0.1) is 61.9 Å². The molecule has 0 aliphatic carbocycles. The summed E-state index contributed by atoms with van der Waals surface area (Å²) >= 11 is 14.1. The van der Waals surface area contributed by atoms with Crippen molar-refractivity contribution in [3.05, 3.63) is 153 Å². The number of para-hydroxylation sites is 1. The summed E-state index contributed by atoms with van der Waals surface area (Å²) in [6, 6.07) is 21.6. The summed E-state index contributed by atoms with van der Waals surface area (Å²) in [6.07, 6.45) is 0. The molecule has 1 aromatic carbocycles. The summed E-state index contributed by atoms with van der Waals surface area (Å²) in [5, 5.41) is 28.8. The Morgan fingerprint density at radius 3 is 1.43 bits per heavy atom. The number of aromatic amines is 1. The Hall–Kier alpha value is -9.68. The molecule has 3 amide bonds. The number of hydrogen-bond acceptors (Lipinski definition) is 24. The van der Waals surface area contributed by atoms with Crippen molar-refractivity contribution in [3.63, 3.8) is 0 Å². The number of nitrogens with two attached hydrogens (primary N) is 6. The minimum Gasteiger partial charge on any atom is -0.489 e. The van der Waals surface area contributed by atoms with E-state index in [1.54, 1.807) is 59.7 Å². The number of pyridine rings is 5. The number of rotatable bonds is 13. The number of ether oxygens (including phenoxy) is 4. The Morgan fingerprint density at radius 2 is 0.977 bits per heavy atom. The number of thiophene rings is 3. The highest BCUT2D eigenvalue weighted by Crippen LogP contribution is 2.38. The second kappa shape index (κ2) is 30.9. The summed E-state index contributed by atoms with van der Waals surface area (Å²) in [4.78, 5) is 91.1. The van der Waals surface area contributed by atoms with E-state index in [4.69, 9.17) is 87.7 Å². The number of carbonyl (C=O) groups is 6. The van der Waals surface area contributed by atoms with E-state index in [0.29, 0.717) is 75.5 Å². The number of amides is 3. The molecule has 0 saturated heterocycles. The number of nitrogens with one attached hydrogen (secondary N) is 1. The number of anilines is 3. The first-order chi connectivity index (χ1) is 41.2. The molecule has 0 radical (unpaired) electrons. The van der Waals surface area contributed by atoms with Crippen LogP contribution in [0.1, 0.15) is 132 Å². The first kappa shape index (κ1) is 68.1. The Bertz CT molecular complexity index is 4270. The van der Waals surface area contributed by atoms with E-state index in [-0.39, 0.29) is 69.0 Å². The van der Waals surface area contributed by atoms with Crippen molar-refractivity contribution in [2.75, 3.05) is 37.0 Å². The SMILES string of the molecule is CCOC(=O)c1cc(C)[nH]c(=S)c1C#N.CCOC(=O)c1cc(C)nc(Cl)c1C#N.CCOC(=O)c1cc(C)nc2sc(C(N)=O)c(N)c12.Cc1cc(CO)c2c(N)c(C(N)=O)sc2n1.Cc1cc(COc2ccccc2)c2c(N)c(C(N)=O)sc2n1. The Balaban J connectivity index is 0.000000200. The maximum atomic E-state index is 11.9. The third-order valence-corrected chi connectivity index (χ3v) is 15.5. The second-order valence-corrected chi connectivity index (χ2v) is 21.8. The van der Waals surface area contributed by atoms with Crippen molar-refractivity contribution in [3.8, 4) is 17.9 Å². The molecule has 14 N–H and O–H groups in total. The van der Waals surface area contributed by atoms with E-state index in [2.05, 4.69) is 24.9 Å². The molecule has 0 unspecified atom stereocenters. The van der Waals surface area contributed by atoms with Crippen LogP contribution in [0.2, 0.25) is 5.15 Å². The standard InChI is InChI=1S/C16H15N3O2S.C12H13N3O3S.C10H9ClN2O2.C10H11N3O2S.C10H10N2O2S/c1-9-7-10(8-21-11-5-3-2-4-6-11)12-13(17)14(15(18)20)22-16(12)19-9;1-3-18-12(17)6-4-5(2)15-11-7(6)8(13)9(19-11)10(14)16;1-3-15-10(14)7-4-6(2)13-9(11)8(7)5-12;1-4-2-5(3-14)6-7(11)8(9(12)15)16-10(6)13-4;1-3-14-10(13)7-4-6(2)12-9(15)8(7)5-11/h2-7H,8,17H2,1H3,(H2,18,20);4H,3,13H2,1-2H3,(H2,14,16);4H,3H2,1-2H3;2,14H,3,11H2,1H3,(H2,12,15);4H,3H2,1-2H3,(H,12,15). The lowest BCUT2D eigenvalue weighted by Gasteiger charge is -2.08. The zero-order chi connectivity index (χ0) is 64.6. The maximum absolute atomic E-state index is 11.9. The number of nitriles is 2. The van der Waals surface area contributed by atoms with E-state index in [1.807, 2.05) is 62.4 Å². The molecule has 29 heteroatoms. The van der Waals surface area contributed by atoms with Crippen LogP contribution in [0.3, 0.4) is 0 Å². The highest BCUT2D eigenvalue weighted by atomic mass is 35.5. The molecule has 0 fully saturated rings. The summed E-state index contributed by atoms with van der Waals surface area (Å²) in [5.41, 5.74) is 40.5. The van der Waals surface area contributed by atoms with Gasteiger partial charge in [-0.2, -0.15) is 10.5 Å². The topological polar surface area (TPSA) is 431 Å². The predicted molar refractivity (Wildman–Crippen MR) is 336 cm³/mol. The molecule has 0 aliphatic heterocycles. The highest BCUT2D eigenvalue weighted by molar-refractivity contribution is 7.71. The zero-order valence-corrected chi connectivity index (χ0v) is 52.0. The second-order valence-electron chi connectivity index (χ2n) is 18.0. The van der Waals surface area contributed by atoms with Crippen molar-refractivity contribution in [1.29, 1.82) is 10.5 Å². The molecular weight excluding hydrogens is 1220 g/mol. The van der Waals surface area contributed by atoms with Crippen molar-refractivity contribution < 1.29 is 52.8 Å². The van der Waals surface area contributed by atoms with Crippen molar-refractivity contribution in [2.24, 2.45) is 17.2 Å². The molecule has 0 bridgehead atoms. The smallest absolute Gasteiger partial charge is 0.339 e. The third kappa shape index (κ3) is 16.8. The van der Waals surface area contributed by atoms with Gasteiger partial charge < -0.3 is 63.4 Å². The number of halogens is 1. The Kier molecular flexibility index (Phi) is 24.2. The minimum atomic E-state index is -0.632. The molecule has 9 aromatic rings. The molecular formula is C58H58ClN13O11S4. The molecule has 8 aromatic heterocycles. The lowest BCUT2D eigenvalue weighted by molar-refractivity contribution is 0.0516. The van der Waals surface area contributed by atoms with Gasteiger partial charge >= 0.3 is 17.9 Å². The van der Waals surface area contributed by atoms with Crippen LogP contribution in [-0.2, 0) is 27.4 Å². The number of aryl methyl sites for hydroxylation is 5. The quantitative estimate of drug-likeness (QED) is 0.0230. The first-order valence-corrected chi connectivity index (χ1v) is 29.0. The van der Waals surface area contributed by atoms with Crippen LogP contribution in [0.4, 0.5) is 17.1 Å². The number of H-pyrrole nitrogens is 1. The lowest BCUT2D eigenvalue weighted by Crippen LogP contribution is -2.11. The average Bonchev–Trinajstić information content (AvgIpc) is 1.76. The number of hydrogen-bond donors (Lipinski definition) is 8. The summed E-state index contributed by atoms with van der Waals surface area (Å²) in [7, 11) is 0. The number of nitrogens with zero attached hydrogens (tertiary/aromatic N) is 6. The van der Waals surface area contributed by atoms with E-state index < -0.39 is 35.6 Å². The number of carbonyl (C=O) groups excluding carboxylic acids is 6. The van der Waals surface area contributed by atoms with Crippen LogP contribution in [0.25, 0.3) is 30.6 Å². The lowest BCUT2D eigenvalue weighted by atomic mass is 10.1. The van der Waals surface area contributed by atoms with Crippen LogP contribution >= 0.6 is 57.8 Å². The summed E-state index contributed by atoms with van der Waals surface area (Å²) in [6.45, 7) is 15.0. The number of primary amides is 3. The molecule has 452 valence electrons. The monoisotopic (exact) mass is 1280 g/mol. The average molecular weight is 1280 g/mol. The molecule has 24 nitrogen and oxygen atoms in total. The number of aromatic nitrogens is 5. The number of aliphatic hydroxyl groups is 1. The largest absolute Gasteiger partial charge is 0.489 e. The maximum Gasteiger partial charge on any atom is 0.339 e. The molecule has 0 saturated carbocycles. The highest BCUT2D eigenvalue weighted by Gasteiger charge is 2.24. The fourth-order valence-corrected chi connectivity index (χ4v) is 11.7. The fourth-order valence-electron chi connectivity index (χ4n) is 8.03. The number of benzene rings is 1. The van der Waals surface area contributed by atoms with Gasteiger partial charge in [0.15, 0.2) is 0 Å². The van der Waals surface area contributed by atoms with E-state index in [1.165, 1.54) is 17.4 Å². The van der Waals surface area contributed by atoms with Crippen LogP contribution in [0.5, 0.6) is 5.75 Å². The van der Waals surface area contributed by atoms with Crippen LogP contribution in [0.15, 0.2) is 60.7 Å². The van der Waals surface area contributed by atoms with Gasteiger partial charge in [0.05, 0.1) is 60.2 Å². The van der Waals surface area contributed by atoms with Gasteiger partial charge in [-0.05, 0) is 103 Å². The zero-order valence-electron chi connectivity index (χ0n) is 48.0. The fraction of sp³-hybridized carbons (Fsp3) is 0.224.